The summed E-state index contributed by atoms with van der Waals surface area (Å²) in [6.45, 7) is 1.96. The normalized spacial score (nSPS) is 14.8. The first-order valence-electron chi connectivity index (χ1n) is 9.35. The lowest BCUT2D eigenvalue weighted by atomic mass is 10.2. The summed E-state index contributed by atoms with van der Waals surface area (Å²) in [5.41, 5.74) is 2.77. The number of rotatable bonds is 10. The molecule has 2 aromatic rings. The number of alkyl halides is 3. The number of nitrogens with one attached hydrogen (secondary N) is 1. The Morgan fingerprint density at radius 1 is 1.33 bits per heavy atom. The van der Waals surface area contributed by atoms with Gasteiger partial charge in [-0.3, -0.25) is 9.80 Å². The largest absolute Gasteiger partial charge is 0.573 e. The molecule has 0 saturated carbocycles. The molecule has 0 aliphatic carbocycles. The van der Waals surface area contributed by atoms with Gasteiger partial charge in [0, 0.05) is 19.0 Å². The number of thiazole rings is 1. The van der Waals surface area contributed by atoms with E-state index < -0.39 is 12.3 Å². The molecule has 1 aromatic carbocycles. The Labute approximate surface area is 198 Å². The highest BCUT2D eigenvalue weighted by Crippen LogP contribution is 2.32. The number of hydrazone groups is 1. The first-order valence-corrected chi connectivity index (χ1v) is 11.0. The van der Waals surface area contributed by atoms with Gasteiger partial charge in [0.25, 0.3) is 5.19 Å². The van der Waals surface area contributed by atoms with Crippen molar-refractivity contribution >= 4 is 39.1 Å². The quantitative estimate of drug-likeness (QED) is 0.458. The molecule has 180 valence electrons. The lowest BCUT2D eigenvalue weighted by Crippen LogP contribution is -2.42. The average Bonchev–Trinajstić information content (AvgIpc) is 3.31. The molecule has 1 aromatic heterocycles. The molecule has 1 atom stereocenters. The molecule has 10 nitrogen and oxygen atoms in total. The standard InChI is InChI=1S/C18H19BrF3N5O5S/c1-10(8-30-13-5-11(3-4-12(13)19)32-18(20,21)22)9-31-17-23-6-14(33-17)16-24-27(7-15(28)29)25-26(16)2/h3-6,10,25H,7-9H2,1-2H3,(H,28,29)/t10-/m0/s1. The minimum atomic E-state index is -4.79. The second-order valence-electron chi connectivity index (χ2n) is 6.89. The monoisotopic (exact) mass is 553 g/mol. The molecule has 1 aliphatic heterocycles. The number of nitrogens with zero attached hydrogens (tertiary/aromatic N) is 4. The smallest absolute Gasteiger partial charge is 0.492 e. The average molecular weight is 554 g/mol. The van der Waals surface area contributed by atoms with E-state index in [0.29, 0.717) is 20.4 Å². The number of hydrogen-bond donors (Lipinski definition) is 2. The molecule has 0 spiro atoms. The van der Waals surface area contributed by atoms with Crippen LogP contribution >= 0.6 is 27.3 Å². The highest BCUT2D eigenvalue weighted by molar-refractivity contribution is 9.10. The number of aliphatic carboxylic acids is 1. The van der Waals surface area contributed by atoms with Crippen LogP contribution in [0.4, 0.5) is 13.2 Å². The van der Waals surface area contributed by atoms with Crippen LogP contribution in [0.5, 0.6) is 16.7 Å². The van der Waals surface area contributed by atoms with E-state index in [0.717, 1.165) is 6.07 Å². The van der Waals surface area contributed by atoms with Gasteiger partial charge in [-0.15, -0.1) is 23.8 Å². The van der Waals surface area contributed by atoms with Gasteiger partial charge in [0.1, 0.15) is 11.5 Å². The predicted molar refractivity (Wildman–Crippen MR) is 115 cm³/mol. The number of halogens is 4. The van der Waals surface area contributed by atoms with E-state index in [-0.39, 0.29) is 37.2 Å². The fourth-order valence-electron chi connectivity index (χ4n) is 2.55. The van der Waals surface area contributed by atoms with E-state index in [1.165, 1.54) is 28.6 Å². The zero-order valence-electron chi connectivity index (χ0n) is 17.3. The van der Waals surface area contributed by atoms with Crippen molar-refractivity contribution in [3.05, 3.63) is 33.7 Å². The summed E-state index contributed by atoms with van der Waals surface area (Å²) in [5.74, 6) is -0.824. The van der Waals surface area contributed by atoms with Gasteiger partial charge in [-0.1, -0.05) is 18.3 Å². The number of benzene rings is 1. The summed E-state index contributed by atoms with van der Waals surface area (Å²) in [6.07, 6.45) is -3.23. The number of carboxylic acid groups (broad SMARTS) is 1. The van der Waals surface area contributed by atoms with Crippen molar-refractivity contribution < 1.29 is 37.3 Å². The van der Waals surface area contributed by atoms with Crippen molar-refractivity contribution in [2.24, 2.45) is 11.0 Å². The Bertz CT molecular complexity index is 1020. The number of hydrogen-bond acceptors (Lipinski definition) is 10. The highest BCUT2D eigenvalue weighted by Gasteiger charge is 2.31. The van der Waals surface area contributed by atoms with Gasteiger partial charge in [0.2, 0.25) is 0 Å². The van der Waals surface area contributed by atoms with Crippen LogP contribution in [0.1, 0.15) is 11.8 Å². The van der Waals surface area contributed by atoms with Crippen molar-refractivity contribution in [1.82, 2.24) is 20.6 Å². The molecule has 2 N–H and O–H groups in total. The van der Waals surface area contributed by atoms with Crippen molar-refractivity contribution in [1.29, 1.82) is 0 Å². The summed E-state index contributed by atoms with van der Waals surface area (Å²) in [7, 11) is 1.69. The second-order valence-corrected chi connectivity index (χ2v) is 8.74. The van der Waals surface area contributed by atoms with Crippen molar-refractivity contribution in [2.75, 3.05) is 26.8 Å². The highest BCUT2D eigenvalue weighted by atomic mass is 79.9. The Hall–Kier alpha value is -2.78. The molecule has 0 fully saturated rings. The number of carboxylic acids is 1. The molecule has 0 amide bonds. The number of ether oxygens (including phenoxy) is 3. The van der Waals surface area contributed by atoms with Gasteiger partial charge in [0.15, 0.2) is 12.4 Å². The molecule has 0 bridgehead atoms. The van der Waals surface area contributed by atoms with Gasteiger partial charge in [-0.2, -0.15) is 5.12 Å². The maximum Gasteiger partial charge on any atom is 0.573 e. The number of hydrazine groups is 2. The molecule has 3 rings (SSSR count). The van der Waals surface area contributed by atoms with Crippen LogP contribution in [0.15, 0.2) is 34.0 Å². The minimum Gasteiger partial charge on any atom is -0.492 e. The Morgan fingerprint density at radius 3 is 2.76 bits per heavy atom. The molecule has 0 radical (unpaired) electrons. The van der Waals surface area contributed by atoms with E-state index >= 15 is 0 Å². The lowest BCUT2D eigenvalue weighted by Gasteiger charge is -2.15. The van der Waals surface area contributed by atoms with Gasteiger partial charge >= 0.3 is 12.3 Å². The van der Waals surface area contributed by atoms with Crippen molar-refractivity contribution in [3.63, 3.8) is 0 Å². The van der Waals surface area contributed by atoms with Crippen LogP contribution in [0.25, 0.3) is 0 Å². The van der Waals surface area contributed by atoms with Gasteiger partial charge in [-0.05, 0) is 28.1 Å². The van der Waals surface area contributed by atoms with Crippen LogP contribution in [0, 0.1) is 5.92 Å². The van der Waals surface area contributed by atoms with E-state index in [1.807, 2.05) is 6.92 Å². The summed E-state index contributed by atoms with van der Waals surface area (Å²) >= 11 is 4.46. The summed E-state index contributed by atoms with van der Waals surface area (Å²) in [4.78, 5) is 15.7. The zero-order valence-corrected chi connectivity index (χ0v) is 19.7. The minimum absolute atomic E-state index is 0.115. The Balaban J connectivity index is 1.51. The number of carbonyl (C=O) groups is 1. The number of aromatic nitrogens is 1. The summed E-state index contributed by atoms with van der Waals surface area (Å²) in [6, 6.07) is 3.74. The lowest BCUT2D eigenvalue weighted by molar-refractivity contribution is -0.274. The Kier molecular flexibility index (Phi) is 7.86. The molecular formula is C18H19BrF3N5O5S. The third-order valence-electron chi connectivity index (χ3n) is 3.94. The third-order valence-corrected chi connectivity index (χ3v) is 5.50. The topological polar surface area (TPSA) is 109 Å². The van der Waals surface area contributed by atoms with Gasteiger partial charge in [0.05, 0.1) is 28.8 Å². The molecular weight excluding hydrogens is 535 g/mol. The van der Waals surface area contributed by atoms with Gasteiger partial charge in [-0.25, -0.2) is 4.98 Å². The van der Waals surface area contributed by atoms with Crippen LogP contribution in [-0.2, 0) is 4.79 Å². The zero-order chi connectivity index (χ0) is 24.2. The van der Waals surface area contributed by atoms with E-state index in [9.17, 15) is 18.0 Å². The molecule has 0 saturated heterocycles. The van der Waals surface area contributed by atoms with E-state index in [1.54, 1.807) is 18.3 Å². The van der Waals surface area contributed by atoms with Crippen LogP contribution < -0.4 is 19.7 Å². The van der Waals surface area contributed by atoms with Gasteiger partial charge < -0.3 is 19.3 Å². The molecule has 15 heteroatoms. The predicted octanol–water partition coefficient (Wildman–Crippen LogP) is 3.31. The summed E-state index contributed by atoms with van der Waals surface area (Å²) < 4.78 is 52.9. The SMILES string of the molecule is C[C@H](COc1ncc(C2=NN(CC(=O)O)NN2C)s1)COc1cc(OC(F)(F)F)ccc1Br. The molecule has 2 heterocycles. The maximum atomic E-state index is 12.4. The van der Waals surface area contributed by atoms with E-state index in [4.69, 9.17) is 14.6 Å². The first kappa shape index (κ1) is 24.9. The Morgan fingerprint density at radius 2 is 2.06 bits per heavy atom. The maximum absolute atomic E-state index is 12.4. The van der Waals surface area contributed by atoms with Crippen LogP contribution in [0.3, 0.4) is 0 Å². The molecule has 33 heavy (non-hydrogen) atoms. The van der Waals surface area contributed by atoms with Crippen LogP contribution in [0.2, 0.25) is 0 Å². The van der Waals surface area contributed by atoms with E-state index in [2.05, 4.69) is 36.3 Å². The molecule has 0 unspecified atom stereocenters. The summed E-state index contributed by atoms with van der Waals surface area (Å²) in [5, 5.41) is 16.2. The van der Waals surface area contributed by atoms with Crippen LogP contribution in [-0.4, -0.2) is 65.2 Å². The second kappa shape index (κ2) is 10.4. The third kappa shape index (κ3) is 7.36. The molecule has 1 aliphatic rings. The first-order chi connectivity index (χ1) is 15.5. The fourth-order valence-corrected chi connectivity index (χ4v) is 3.71. The van der Waals surface area contributed by atoms with Crippen molar-refractivity contribution in [2.45, 2.75) is 13.3 Å². The fraction of sp³-hybridized carbons (Fsp3) is 0.389. The number of amidine groups is 1. The van der Waals surface area contributed by atoms with Crippen molar-refractivity contribution in [3.8, 4) is 16.7 Å².